The number of nitrogens with one attached hydrogen (secondary N) is 1. The number of nitrogens with zero attached hydrogens (tertiary/aromatic N) is 4. The summed E-state index contributed by atoms with van der Waals surface area (Å²) in [4.78, 5) is 19.3. The van der Waals surface area contributed by atoms with Gasteiger partial charge in [0.1, 0.15) is 17.6 Å². The molecular weight excluding hydrogens is 294 g/mol. The van der Waals surface area contributed by atoms with Gasteiger partial charge in [0, 0.05) is 13.0 Å². The zero-order chi connectivity index (χ0) is 15.8. The molecule has 7 heteroatoms. The maximum Gasteiger partial charge on any atom is 0.258 e. The molecule has 1 unspecified atom stereocenters. The van der Waals surface area contributed by atoms with Gasteiger partial charge in [0.2, 0.25) is 0 Å². The van der Waals surface area contributed by atoms with E-state index in [0.29, 0.717) is 41.3 Å². The van der Waals surface area contributed by atoms with Gasteiger partial charge in [0.15, 0.2) is 0 Å². The molecule has 3 aromatic rings. The lowest BCUT2D eigenvalue weighted by atomic mass is 10.2. The number of benzene rings is 1. The third kappa shape index (κ3) is 2.87. The summed E-state index contributed by atoms with van der Waals surface area (Å²) in [7, 11) is 0. The first kappa shape index (κ1) is 14.1. The van der Waals surface area contributed by atoms with Crippen LogP contribution in [0.1, 0.15) is 30.5 Å². The van der Waals surface area contributed by atoms with Gasteiger partial charge < -0.3 is 10.1 Å². The first-order valence-electron chi connectivity index (χ1n) is 7.77. The Labute approximate surface area is 132 Å². The molecule has 2 heterocycles. The van der Waals surface area contributed by atoms with Crippen LogP contribution < -0.4 is 5.56 Å². The van der Waals surface area contributed by atoms with Crippen molar-refractivity contribution in [2.75, 3.05) is 0 Å². The Kier molecular flexibility index (Phi) is 3.42. The number of fused-ring (bicyclic) bond motifs is 1. The maximum absolute atomic E-state index is 12.0. The molecule has 1 atom stereocenters. The van der Waals surface area contributed by atoms with E-state index in [2.05, 4.69) is 20.3 Å². The minimum atomic E-state index is -0.512. The lowest BCUT2D eigenvalue weighted by molar-refractivity contribution is 0.149. The summed E-state index contributed by atoms with van der Waals surface area (Å²) >= 11 is 0. The molecule has 2 N–H and O–H groups in total. The van der Waals surface area contributed by atoms with Crippen molar-refractivity contribution in [2.45, 2.75) is 31.9 Å². The summed E-state index contributed by atoms with van der Waals surface area (Å²) in [5.74, 6) is 0.951. The number of aliphatic hydroxyl groups excluding tert-OH is 1. The van der Waals surface area contributed by atoms with Gasteiger partial charge in [0.05, 0.1) is 17.1 Å². The van der Waals surface area contributed by atoms with Crippen LogP contribution in [0.4, 0.5) is 0 Å². The second-order valence-electron chi connectivity index (χ2n) is 5.97. The molecule has 23 heavy (non-hydrogen) atoms. The standard InChI is InChI=1S/C16H17N5O2/c22-15(10-5-6-10)13-9-21(20-19-13)8-7-14-17-12-4-2-1-3-11(12)16(23)18-14/h1-4,9-10,15,22H,5-8H2,(H,17,18,23). The number of aliphatic hydroxyl groups is 1. The quantitative estimate of drug-likeness (QED) is 0.738. The SMILES string of the molecule is O=c1[nH]c(CCn2cc(C(O)C3CC3)nn2)nc2ccccc12. The van der Waals surface area contributed by atoms with Crippen LogP contribution in [0, 0.1) is 5.92 Å². The van der Waals surface area contributed by atoms with E-state index in [0.717, 1.165) is 12.8 Å². The lowest BCUT2D eigenvalue weighted by Crippen LogP contribution is -2.14. The van der Waals surface area contributed by atoms with Gasteiger partial charge in [-0.05, 0) is 30.9 Å². The monoisotopic (exact) mass is 311 g/mol. The number of rotatable bonds is 5. The number of para-hydroxylation sites is 1. The second-order valence-corrected chi connectivity index (χ2v) is 5.97. The van der Waals surface area contributed by atoms with Gasteiger partial charge in [-0.2, -0.15) is 0 Å². The zero-order valence-corrected chi connectivity index (χ0v) is 12.5. The molecule has 1 aliphatic rings. The van der Waals surface area contributed by atoms with Crippen molar-refractivity contribution >= 4 is 10.9 Å². The Morgan fingerprint density at radius 3 is 3.00 bits per heavy atom. The van der Waals surface area contributed by atoms with Gasteiger partial charge in [-0.1, -0.05) is 17.3 Å². The fourth-order valence-electron chi connectivity index (χ4n) is 2.69. The normalized spacial score (nSPS) is 15.9. The molecule has 7 nitrogen and oxygen atoms in total. The molecule has 2 aromatic heterocycles. The van der Waals surface area contributed by atoms with E-state index in [1.54, 1.807) is 16.9 Å². The molecule has 0 saturated heterocycles. The topological polar surface area (TPSA) is 96.7 Å². The third-order valence-corrected chi connectivity index (χ3v) is 4.17. The number of hydrogen-bond donors (Lipinski definition) is 2. The Bertz CT molecular complexity index is 897. The molecular formula is C16H17N5O2. The third-order valence-electron chi connectivity index (χ3n) is 4.17. The molecule has 0 radical (unpaired) electrons. The Morgan fingerprint density at radius 2 is 2.17 bits per heavy atom. The molecule has 118 valence electrons. The maximum atomic E-state index is 12.0. The number of aromatic nitrogens is 5. The molecule has 0 spiro atoms. The Balaban J connectivity index is 1.49. The van der Waals surface area contributed by atoms with Crippen LogP contribution in [0.3, 0.4) is 0 Å². The summed E-state index contributed by atoms with van der Waals surface area (Å²) in [6.45, 7) is 0.547. The molecule has 0 bridgehead atoms. The van der Waals surface area contributed by atoms with Crippen LogP contribution in [0.15, 0.2) is 35.3 Å². The van der Waals surface area contributed by atoms with Crippen LogP contribution in [-0.2, 0) is 13.0 Å². The summed E-state index contributed by atoms with van der Waals surface area (Å²) < 4.78 is 1.68. The highest BCUT2D eigenvalue weighted by Crippen LogP contribution is 2.39. The van der Waals surface area contributed by atoms with Crippen molar-refractivity contribution in [1.82, 2.24) is 25.0 Å². The van der Waals surface area contributed by atoms with Crippen LogP contribution in [0.25, 0.3) is 10.9 Å². The first-order chi connectivity index (χ1) is 11.2. The molecule has 1 aromatic carbocycles. The molecule has 1 fully saturated rings. The number of H-pyrrole nitrogens is 1. The van der Waals surface area contributed by atoms with Crippen LogP contribution >= 0.6 is 0 Å². The van der Waals surface area contributed by atoms with Crippen LogP contribution in [0.2, 0.25) is 0 Å². The van der Waals surface area contributed by atoms with E-state index in [4.69, 9.17) is 0 Å². The predicted octanol–water partition coefficient (Wildman–Crippen LogP) is 1.20. The highest BCUT2D eigenvalue weighted by atomic mass is 16.3. The van der Waals surface area contributed by atoms with Crippen molar-refractivity contribution < 1.29 is 5.11 Å². The number of aryl methyl sites for hydroxylation is 2. The average Bonchev–Trinajstić information content (AvgIpc) is 3.30. The average molecular weight is 311 g/mol. The van der Waals surface area contributed by atoms with Crippen molar-refractivity contribution in [3.8, 4) is 0 Å². The van der Waals surface area contributed by atoms with Crippen molar-refractivity contribution in [3.05, 3.63) is 52.3 Å². The highest BCUT2D eigenvalue weighted by molar-refractivity contribution is 5.77. The minimum absolute atomic E-state index is 0.131. The van der Waals surface area contributed by atoms with Crippen molar-refractivity contribution in [2.24, 2.45) is 5.92 Å². The summed E-state index contributed by atoms with van der Waals surface area (Å²) in [6, 6.07) is 7.27. The second kappa shape index (κ2) is 5.58. The fourth-order valence-corrected chi connectivity index (χ4v) is 2.69. The lowest BCUT2D eigenvalue weighted by Gasteiger charge is -2.04. The van der Waals surface area contributed by atoms with E-state index in [1.165, 1.54) is 0 Å². The van der Waals surface area contributed by atoms with Gasteiger partial charge in [-0.25, -0.2) is 4.98 Å². The van der Waals surface area contributed by atoms with E-state index in [-0.39, 0.29) is 5.56 Å². The van der Waals surface area contributed by atoms with Crippen molar-refractivity contribution in [3.63, 3.8) is 0 Å². The minimum Gasteiger partial charge on any atom is -0.386 e. The molecule has 4 rings (SSSR count). The fraction of sp³-hybridized carbons (Fsp3) is 0.375. The summed E-state index contributed by atoms with van der Waals surface area (Å²) in [5, 5.41) is 18.7. The van der Waals surface area contributed by atoms with Gasteiger partial charge >= 0.3 is 0 Å². The van der Waals surface area contributed by atoms with E-state index in [9.17, 15) is 9.90 Å². The van der Waals surface area contributed by atoms with Gasteiger partial charge in [-0.3, -0.25) is 9.48 Å². The molecule has 1 saturated carbocycles. The van der Waals surface area contributed by atoms with Gasteiger partial charge in [0.25, 0.3) is 5.56 Å². The van der Waals surface area contributed by atoms with E-state index >= 15 is 0 Å². The summed E-state index contributed by atoms with van der Waals surface area (Å²) in [6.07, 6.45) is 3.90. The Hall–Kier alpha value is -2.54. The van der Waals surface area contributed by atoms with Crippen LogP contribution in [0.5, 0.6) is 0 Å². The highest BCUT2D eigenvalue weighted by Gasteiger charge is 2.32. The summed E-state index contributed by atoms with van der Waals surface area (Å²) in [5.41, 5.74) is 1.18. The molecule has 1 aliphatic carbocycles. The van der Waals surface area contributed by atoms with Crippen molar-refractivity contribution in [1.29, 1.82) is 0 Å². The predicted molar refractivity (Wildman–Crippen MR) is 83.8 cm³/mol. The van der Waals surface area contributed by atoms with E-state index < -0.39 is 6.10 Å². The van der Waals surface area contributed by atoms with Crippen LogP contribution in [-0.4, -0.2) is 30.1 Å². The smallest absolute Gasteiger partial charge is 0.258 e. The largest absolute Gasteiger partial charge is 0.386 e. The first-order valence-corrected chi connectivity index (χ1v) is 7.77. The molecule has 0 amide bonds. The van der Waals surface area contributed by atoms with Gasteiger partial charge in [-0.15, -0.1) is 5.10 Å². The number of hydrogen-bond acceptors (Lipinski definition) is 5. The Morgan fingerprint density at radius 1 is 1.35 bits per heavy atom. The van der Waals surface area contributed by atoms with E-state index in [1.807, 2.05) is 18.2 Å². The zero-order valence-electron chi connectivity index (χ0n) is 12.5. The molecule has 0 aliphatic heterocycles. The number of aromatic amines is 1.